The van der Waals surface area contributed by atoms with Crippen LogP contribution in [-0.2, 0) is 0 Å². The number of hydrogen-bond donors (Lipinski definition) is 3. The van der Waals surface area contributed by atoms with Gasteiger partial charge in [-0.15, -0.1) is 0 Å². The SMILES string of the molecule is CCN=C(N)c1cc(C(=N)/C=C/c2ccc(F)cc2)c(N)cc1F. The molecular weight excluding hydrogens is 310 g/mol. The number of aliphatic imine (C=N–C) groups is 1. The van der Waals surface area contributed by atoms with Crippen LogP contribution in [0.3, 0.4) is 0 Å². The molecule has 0 aliphatic heterocycles. The van der Waals surface area contributed by atoms with Crippen molar-refractivity contribution < 1.29 is 8.78 Å². The molecule has 0 spiro atoms. The number of nitrogen functional groups attached to an aromatic ring is 1. The van der Waals surface area contributed by atoms with Gasteiger partial charge >= 0.3 is 0 Å². The Bertz CT molecular complexity index is 809. The number of allylic oxidation sites excluding steroid dienone is 1. The molecule has 0 saturated heterocycles. The van der Waals surface area contributed by atoms with Gasteiger partial charge in [-0.25, -0.2) is 8.78 Å². The fraction of sp³-hybridized carbons (Fsp3) is 0.111. The number of amidine groups is 1. The van der Waals surface area contributed by atoms with Crippen molar-refractivity contribution in [2.24, 2.45) is 10.7 Å². The molecule has 6 heteroatoms. The van der Waals surface area contributed by atoms with Crippen LogP contribution in [-0.4, -0.2) is 18.1 Å². The molecule has 4 nitrogen and oxygen atoms in total. The summed E-state index contributed by atoms with van der Waals surface area (Å²) in [6, 6.07) is 8.37. The van der Waals surface area contributed by atoms with Crippen LogP contribution < -0.4 is 11.5 Å². The van der Waals surface area contributed by atoms with E-state index in [1.807, 2.05) is 0 Å². The van der Waals surface area contributed by atoms with Crippen molar-refractivity contribution >= 4 is 23.3 Å². The summed E-state index contributed by atoms with van der Waals surface area (Å²) in [6.07, 6.45) is 3.15. The first-order valence-corrected chi connectivity index (χ1v) is 7.34. The normalized spacial score (nSPS) is 11.9. The maximum absolute atomic E-state index is 14.0. The average Bonchev–Trinajstić information content (AvgIpc) is 2.54. The van der Waals surface area contributed by atoms with E-state index in [2.05, 4.69) is 4.99 Å². The van der Waals surface area contributed by atoms with Crippen LogP contribution >= 0.6 is 0 Å². The summed E-state index contributed by atoms with van der Waals surface area (Å²) in [4.78, 5) is 3.98. The largest absolute Gasteiger partial charge is 0.398 e. The monoisotopic (exact) mass is 328 g/mol. The van der Waals surface area contributed by atoms with Crippen LogP contribution in [0.25, 0.3) is 6.08 Å². The van der Waals surface area contributed by atoms with E-state index in [1.54, 1.807) is 25.1 Å². The van der Waals surface area contributed by atoms with E-state index < -0.39 is 5.82 Å². The van der Waals surface area contributed by atoms with E-state index in [1.165, 1.54) is 24.3 Å². The number of benzene rings is 2. The van der Waals surface area contributed by atoms with E-state index in [-0.39, 0.29) is 28.6 Å². The summed E-state index contributed by atoms with van der Waals surface area (Å²) < 4.78 is 26.9. The summed E-state index contributed by atoms with van der Waals surface area (Å²) in [7, 11) is 0. The number of nitrogens with zero attached hydrogens (tertiary/aromatic N) is 1. The highest BCUT2D eigenvalue weighted by atomic mass is 19.1. The molecule has 0 bridgehead atoms. The topological polar surface area (TPSA) is 88.2 Å². The van der Waals surface area contributed by atoms with Crippen LogP contribution in [0, 0.1) is 17.0 Å². The molecule has 0 atom stereocenters. The van der Waals surface area contributed by atoms with Crippen molar-refractivity contribution in [2.75, 3.05) is 12.3 Å². The molecule has 0 aliphatic carbocycles. The minimum atomic E-state index is -0.582. The van der Waals surface area contributed by atoms with Crippen molar-refractivity contribution in [2.45, 2.75) is 6.92 Å². The van der Waals surface area contributed by atoms with Gasteiger partial charge < -0.3 is 16.9 Å². The quantitative estimate of drug-likeness (QED) is 0.446. The Morgan fingerprint density at radius 3 is 2.46 bits per heavy atom. The number of hydrogen-bond acceptors (Lipinski definition) is 3. The third-order valence-corrected chi connectivity index (χ3v) is 3.35. The molecule has 2 aromatic carbocycles. The highest BCUT2D eigenvalue weighted by Gasteiger charge is 2.13. The molecule has 2 aromatic rings. The average molecular weight is 328 g/mol. The highest BCUT2D eigenvalue weighted by Crippen LogP contribution is 2.19. The highest BCUT2D eigenvalue weighted by molar-refractivity contribution is 6.13. The maximum Gasteiger partial charge on any atom is 0.136 e. The van der Waals surface area contributed by atoms with Gasteiger partial charge in [0.05, 0.1) is 11.3 Å². The van der Waals surface area contributed by atoms with Gasteiger partial charge in [0.1, 0.15) is 17.5 Å². The van der Waals surface area contributed by atoms with Gasteiger partial charge in [0.25, 0.3) is 0 Å². The van der Waals surface area contributed by atoms with Crippen molar-refractivity contribution in [1.29, 1.82) is 5.41 Å². The first-order valence-electron chi connectivity index (χ1n) is 7.34. The molecule has 124 valence electrons. The lowest BCUT2D eigenvalue weighted by Crippen LogP contribution is -2.17. The third-order valence-electron chi connectivity index (χ3n) is 3.35. The van der Waals surface area contributed by atoms with E-state index in [0.717, 1.165) is 11.6 Å². The zero-order valence-corrected chi connectivity index (χ0v) is 13.2. The molecule has 0 aromatic heterocycles. The van der Waals surface area contributed by atoms with Gasteiger partial charge in [0.15, 0.2) is 0 Å². The fourth-order valence-corrected chi connectivity index (χ4v) is 2.12. The molecule has 5 N–H and O–H groups in total. The zero-order chi connectivity index (χ0) is 17.7. The predicted octanol–water partition coefficient (Wildman–Crippen LogP) is 3.35. The Labute approximate surface area is 139 Å². The van der Waals surface area contributed by atoms with Crippen LogP contribution in [0.4, 0.5) is 14.5 Å². The second-order valence-electron chi connectivity index (χ2n) is 5.08. The Morgan fingerprint density at radius 2 is 1.83 bits per heavy atom. The van der Waals surface area contributed by atoms with Gasteiger partial charge in [0.2, 0.25) is 0 Å². The Morgan fingerprint density at radius 1 is 1.17 bits per heavy atom. The van der Waals surface area contributed by atoms with Gasteiger partial charge in [-0.05, 0) is 42.8 Å². The molecule has 0 amide bonds. The standard InChI is InChI=1S/C18H18F2N4/c1-2-24-18(23)13-9-14(17(22)10-15(13)20)16(21)8-5-11-3-6-12(19)7-4-11/h3-10,21H,2,22H2,1H3,(H2,23,24)/b8-5+,21-16?. The van der Waals surface area contributed by atoms with E-state index in [0.29, 0.717) is 12.1 Å². The molecule has 0 fully saturated rings. The number of anilines is 1. The van der Waals surface area contributed by atoms with Gasteiger partial charge in [-0.1, -0.05) is 18.2 Å². The van der Waals surface area contributed by atoms with Crippen LogP contribution in [0.5, 0.6) is 0 Å². The maximum atomic E-state index is 14.0. The summed E-state index contributed by atoms with van der Waals surface area (Å²) in [5, 5.41) is 8.13. The number of halogens is 2. The molecule has 0 aliphatic rings. The molecule has 2 rings (SSSR count). The van der Waals surface area contributed by atoms with Crippen molar-refractivity contribution in [3.05, 3.63) is 70.8 Å². The molecule has 0 heterocycles. The zero-order valence-electron chi connectivity index (χ0n) is 13.2. The Balaban J connectivity index is 2.33. The second kappa shape index (κ2) is 7.50. The predicted molar refractivity (Wildman–Crippen MR) is 94.3 cm³/mol. The van der Waals surface area contributed by atoms with Gasteiger partial charge in [0, 0.05) is 17.8 Å². The van der Waals surface area contributed by atoms with Crippen LogP contribution in [0.2, 0.25) is 0 Å². The first-order chi connectivity index (χ1) is 11.4. The molecule has 0 saturated carbocycles. The first kappa shape index (κ1) is 17.3. The minimum absolute atomic E-state index is 0.0616. The van der Waals surface area contributed by atoms with Gasteiger partial charge in [-0.2, -0.15) is 0 Å². The number of nitrogens with one attached hydrogen (secondary N) is 1. The molecule has 24 heavy (non-hydrogen) atoms. The van der Waals surface area contributed by atoms with Crippen molar-refractivity contribution in [1.82, 2.24) is 0 Å². The number of nitrogens with two attached hydrogens (primary N) is 2. The smallest absolute Gasteiger partial charge is 0.136 e. The van der Waals surface area contributed by atoms with Gasteiger partial charge in [-0.3, -0.25) is 4.99 Å². The Hall–Kier alpha value is -3.02. The van der Waals surface area contributed by atoms with Crippen molar-refractivity contribution in [3.8, 4) is 0 Å². The van der Waals surface area contributed by atoms with Crippen LogP contribution in [0.15, 0.2) is 47.5 Å². The fourth-order valence-electron chi connectivity index (χ4n) is 2.12. The number of rotatable bonds is 5. The lowest BCUT2D eigenvalue weighted by Gasteiger charge is -2.09. The summed E-state index contributed by atoms with van der Waals surface area (Å²) in [5.41, 5.74) is 13.0. The van der Waals surface area contributed by atoms with Crippen molar-refractivity contribution in [3.63, 3.8) is 0 Å². The van der Waals surface area contributed by atoms with E-state index >= 15 is 0 Å². The molecule has 0 unspecified atom stereocenters. The second-order valence-corrected chi connectivity index (χ2v) is 5.08. The van der Waals surface area contributed by atoms with E-state index in [9.17, 15) is 8.78 Å². The van der Waals surface area contributed by atoms with E-state index in [4.69, 9.17) is 16.9 Å². The Kier molecular flexibility index (Phi) is 5.42. The lowest BCUT2D eigenvalue weighted by atomic mass is 10.0. The van der Waals surface area contributed by atoms with Crippen LogP contribution in [0.1, 0.15) is 23.6 Å². The minimum Gasteiger partial charge on any atom is -0.398 e. The lowest BCUT2D eigenvalue weighted by molar-refractivity contribution is 0.625. The summed E-state index contributed by atoms with van der Waals surface area (Å²) in [5.74, 6) is -0.854. The summed E-state index contributed by atoms with van der Waals surface area (Å²) >= 11 is 0. The third kappa shape index (κ3) is 4.04. The molecule has 0 radical (unpaired) electrons. The molecular formula is C18H18F2N4. The summed E-state index contributed by atoms with van der Waals surface area (Å²) in [6.45, 7) is 2.21.